The zero-order valence-corrected chi connectivity index (χ0v) is 19.0. The van der Waals surface area contributed by atoms with E-state index in [2.05, 4.69) is 5.32 Å². The van der Waals surface area contributed by atoms with E-state index in [4.69, 9.17) is 0 Å². The molecule has 0 saturated carbocycles. The van der Waals surface area contributed by atoms with Gasteiger partial charge in [0.05, 0.1) is 11.3 Å². The van der Waals surface area contributed by atoms with E-state index in [1.165, 1.54) is 4.31 Å². The summed E-state index contributed by atoms with van der Waals surface area (Å²) in [7, 11) is -3.44. The SMILES string of the molecule is O=C(NCc1ccc(S(=O)(=O)N2CCCC2)cc1)C1CCCN1C(=O)Cc1cccs1. The number of benzene rings is 1. The number of carbonyl (C=O) groups excluding carboxylic acids is 2. The molecule has 1 atom stereocenters. The minimum atomic E-state index is -3.44. The van der Waals surface area contributed by atoms with Crippen molar-refractivity contribution in [2.24, 2.45) is 0 Å². The summed E-state index contributed by atoms with van der Waals surface area (Å²) in [4.78, 5) is 28.3. The molecular formula is C22H27N3O4S2. The number of hydrogen-bond acceptors (Lipinski definition) is 5. The third-order valence-electron chi connectivity index (χ3n) is 5.87. The van der Waals surface area contributed by atoms with Gasteiger partial charge >= 0.3 is 0 Å². The predicted octanol–water partition coefficient (Wildman–Crippen LogP) is 2.38. The van der Waals surface area contributed by atoms with Gasteiger partial charge in [-0.2, -0.15) is 4.31 Å². The minimum Gasteiger partial charge on any atom is -0.350 e. The van der Waals surface area contributed by atoms with Crippen LogP contribution in [0.5, 0.6) is 0 Å². The Morgan fingerprint density at radius 3 is 2.45 bits per heavy atom. The Kier molecular flexibility index (Phi) is 6.74. The lowest BCUT2D eigenvalue weighted by atomic mass is 10.1. The molecule has 2 aliphatic heterocycles. The van der Waals surface area contributed by atoms with Gasteiger partial charge in [0.25, 0.3) is 0 Å². The van der Waals surface area contributed by atoms with Crippen LogP contribution in [0.1, 0.15) is 36.1 Å². The monoisotopic (exact) mass is 461 g/mol. The van der Waals surface area contributed by atoms with E-state index in [0.29, 0.717) is 39.0 Å². The number of sulfonamides is 1. The van der Waals surface area contributed by atoms with Gasteiger partial charge in [-0.3, -0.25) is 9.59 Å². The average Bonchev–Trinajstić information content (AvgIpc) is 3.54. The third kappa shape index (κ3) is 4.99. The molecule has 7 nitrogen and oxygen atoms in total. The van der Waals surface area contributed by atoms with Crippen molar-refractivity contribution < 1.29 is 18.0 Å². The van der Waals surface area contributed by atoms with Gasteiger partial charge in [0.2, 0.25) is 21.8 Å². The summed E-state index contributed by atoms with van der Waals surface area (Å²) in [6.45, 7) is 2.05. The second-order valence-corrected chi connectivity index (χ2v) is 10.9. The highest BCUT2D eigenvalue weighted by Crippen LogP contribution is 2.22. The van der Waals surface area contributed by atoms with Crippen molar-refractivity contribution in [3.8, 4) is 0 Å². The summed E-state index contributed by atoms with van der Waals surface area (Å²) in [6.07, 6.45) is 3.61. The fraction of sp³-hybridized carbons (Fsp3) is 0.455. The maximum Gasteiger partial charge on any atom is 0.243 e. The summed E-state index contributed by atoms with van der Waals surface area (Å²) in [5, 5.41) is 4.85. The van der Waals surface area contributed by atoms with E-state index in [0.717, 1.165) is 29.7 Å². The molecule has 2 aliphatic rings. The number of thiophene rings is 1. The zero-order chi connectivity index (χ0) is 21.8. The van der Waals surface area contributed by atoms with Gasteiger partial charge in [0.15, 0.2) is 0 Å². The summed E-state index contributed by atoms with van der Waals surface area (Å²) < 4.78 is 26.8. The highest BCUT2D eigenvalue weighted by atomic mass is 32.2. The number of carbonyl (C=O) groups is 2. The zero-order valence-electron chi connectivity index (χ0n) is 17.3. The quantitative estimate of drug-likeness (QED) is 0.686. The van der Waals surface area contributed by atoms with Crippen molar-refractivity contribution in [2.45, 2.75) is 49.6 Å². The first-order valence-electron chi connectivity index (χ1n) is 10.6. The number of hydrogen-bond donors (Lipinski definition) is 1. The van der Waals surface area contributed by atoms with Crippen LogP contribution in [-0.2, 0) is 32.6 Å². The average molecular weight is 462 g/mol. The normalized spacial score (nSPS) is 19.6. The molecule has 2 amide bonds. The molecule has 1 unspecified atom stereocenters. The molecule has 0 spiro atoms. The van der Waals surface area contributed by atoms with Crippen molar-refractivity contribution >= 4 is 33.2 Å². The van der Waals surface area contributed by atoms with Gasteiger partial charge in [-0.05, 0) is 54.8 Å². The fourth-order valence-corrected chi connectivity index (χ4v) is 6.38. The highest BCUT2D eigenvalue weighted by Gasteiger charge is 2.34. The molecule has 2 fully saturated rings. The van der Waals surface area contributed by atoms with Crippen LogP contribution in [0.25, 0.3) is 0 Å². The Bertz CT molecular complexity index is 1010. The van der Waals surface area contributed by atoms with Crippen LogP contribution in [0, 0.1) is 0 Å². The van der Waals surface area contributed by atoms with Crippen molar-refractivity contribution in [1.82, 2.24) is 14.5 Å². The Hall–Kier alpha value is -2.23. The Morgan fingerprint density at radius 2 is 1.77 bits per heavy atom. The first kappa shape index (κ1) is 22.0. The van der Waals surface area contributed by atoms with Crippen LogP contribution < -0.4 is 5.32 Å². The maximum absolute atomic E-state index is 12.7. The molecule has 0 bridgehead atoms. The fourth-order valence-electron chi connectivity index (χ4n) is 4.17. The Balaban J connectivity index is 1.33. The summed E-state index contributed by atoms with van der Waals surface area (Å²) >= 11 is 1.54. The van der Waals surface area contributed by atoms with Gasteiger partial charge in [-0.1, -0.05) is 18.2 Å². The topological polar surface area (TPSA) is 86.8 Å². The number of rotatable bonds is 7. The second kappa shape index (κ2) is 9.50. The molecule has 1 aromatic carbocycles. The highest BCUT2D eigenvalue weighted by molar-refractivity contribution is 7.89. The van der Waals surface area contributed by atoms with Gasteiger partial charge in [-0.25, -0.2) is 8.42 Å². The largest absolute Gasteiger partial charge is 0.350 e. The van der Waals surface area contributed by atoms with Crippen LogP contribution in [0.4, 0.5) is 0 Å². The van der Waals surface area contributed by atoms with Crippen molar-refractivity contribution in [1.29, 1.82) is 0 Å². The van der Waals surface area contributed by atoms with Crippen LogP contribution in [0.3, 0.4) is 0 Å². The van der Waals surface area contributed by atoms with Crippen molar-refractivity contribution in [3.63, 3.8) is 0 Å². The molecule has 0 radical (unpaired) electrons. The van der Waals surface area contributed by atoms with E-state index in [1.807, 2.05) is 17.5 Å². The number of likely N-dealkylation sites (tertiary alicyclic amines) is 1. The molecule has 1 aromatic heterocycles. The lowest BCUT2D eigenvalue weighted by Crippen LogP contribution is -2.46. The predicted molar refractivity (Wildman–Crippen MR) is 119 cm³/mol. The van der Waals surface area contributed by atoms with E-state index in [9.17, 15) is 18.0 Å². The number of amides is 2. The first-order chi connectivity index (χ1) is 14.9. The maximum atomic E-state index is 12.7. The third-order valence-corrected chi connectivity index (χ3v) is 8.66. The van der Waals surface area contributed by atoms with Crippen molar-refractivity contribution in [2.75, 3.05) is 19.6 Å². The van der Waals surface area contributed by atoms with E-state index in [1.54, 1.807) is 40.5 Å². The molecule has 4 rings (SSSR count). The van der Waals surface area contributed by atoms with Gasteiger partial charge in [0, 0.05) is 31.1 Å². The summed E-state index contributed by atoms with van der Waals surface area (Å²) in [5.41, 5.74) is 0.822. The molecule has 3 heterocycles. The van der Waals surface area contributed by atoms with Crippen LogP contribution in [-0.4, -0.2) is 55.1 Å². The van der Waals surface area contributed by atoms with Crippen LogP contribution >= 0.6 is 11.3 Å². The van der Waals surface area contributed by atoms with Gasteiger partial charge in [-0.15, -0.1) is 11.3 Å². The van der Waals surface area contributed by atoms with E-state index >= 15 is 0 Å². The number of nitrogens with zero attached hydrogens (tertiary/aromatic N) is 2. The van der Waals surface area contributed by atoms with Crippen molar-refractivity contribution in [3.05, 3.63) is 52.2 Å². The standard InChI is InChI=1S/C22H27N3O4S2/c26-21(15-18-5-4-14-30-18)25-13-3-6-20(25)22(27)23-16-17-7-9-19(10-8-17)31(28,29)24-11-1-2-12-24/h4-5,7-10,14,20H,1-3,6,11-13,15-16H2,(H,23,27). The van der Waals surface area contributed by atoms with Crippen LogP contribution in [0.15, 0.2) is 46.7 Å². The van der Waals surface area contributed by atoms with E-state index < -0.39 is 16.1 Å². The van der Waals surface area contributed by atoms with Crippen LogP contribution in [0.2, 0.25) is 0 Å². The molecule has 2 saturated heterocycles. The molecule has 1 N–H and O–H groups in total. The molecule has 0 aliphatic carbocycles. The van der Waals surface area contributed by atoms with Gasteiger partial charge in [0.1, 0.15) is 6.04 Å². The lowest BCUT2D eigenvalue weighted by molar-refractivity contribution is -0.138. The smallest absolute Gasteiger partial charge is 0.243 e. The minimum absolute atomic E-state index is 0.0171. The summed E-state index contributed by atoms with van der Waals surface area (Å²) in [5.74, 6) is -0.178. The summed E-state index contributed by atoms with van der Waals surface area (Å²) in [6, 6.07) is 10.1. The molecular weight excluding hydrogens is 434 g/mol. The molecule has 2 aromatic rings. The Labute approximate surface area is 187 Å². The number of nitrogens with one attached hydrogen (secondary N) is 1. The Morgan fingerprint density at radius 1 is 1.03 bits per heavy atom. The first-order valence-corrected chi connectivity index (χ1v) is 13.0. The second-order valence-electron chi connectivity index (χ2n) is 7.97. The van der Waals surface area contributed by atoms with E-state index in [-0.39, 0.29) is 16.7 Å². The molecule has 166 valence electrons. The lowest BCUT2D eigenvalue weighted by Gasteiger charge is -2.24. The molecule has 9 heteroatoms. The molecule has 31 heavy (non-hydrogen) atoms. The van der Waals surface area contributed by atoms with Gasteiger partial charge < -0.3 is 10.2 Å².